The van der Waals surface area contributed by atoms with E-state index >= 15 is 0 Å². The summed E-state index contributed by atoms with van der Waals surface area (Å²) in [5.74, 6) is 1.03. The van der Waals surface area contributed by atoms with Gasteiger partial charge >= 0.3 is 0 Å². The molecule has 0 spiro atoms. The van der Waals surface area contributed by atoms with Crippen LogP contribution in [0.15, 0.2) is 12.3 Å². The average Bonchev–Trinajstić information content (AvgIpc) is 2.64. The molecule has 0 aliphatic carbocycles. The molecule has 0 atom stereocenters. The number of hydrogen-bond donors (Lipinski definition) is 1. The monoisotopic (exact) mass is 254 g/mol. The number of rotatable bonds is 3. The first-order valence-electron chi connectivity index (χ1n) is 4.94. The first-order chi connectivity index (χ1) is 7.69. The van der Waals surface area contributed by atoms with E-state index in [-0.39, 0.29) is 0 Å². The summed E-state index contributed by atoms with van der Waals surface area (Å²) in [6.45, 7) is 2.10. The molecule has 0 aliphatic heterocycles. The number of aromatic nitrogens is 3. The lowest BCUT2D eigenvalue weighted by Gasteiger charge is -2.02. The van der Waals surface area contributed by atoms with Gasteiger partial charge in [0, 0.05) is 11.8 Å². The van der Waals surface area contributed by atoms with Gasteiger partial charge < -0.3 is 5.73 Å². The Morgan fingerprint density at radius 3 is 2.88 bits per heavy atom. The third-order valence-corrected chi connectivity index (χ3v) is 3.08. The van der Waals surface area contributed by atoms with Crippen molar-refractivity contribution in [3.05, 3.63) is 22.3 Å². The van der Waals surface area contributed by atoms with Crippen LogP contribution in [-0.4, -0.2) is 15.0 Å². The van der Waals surface area contributed by atoms with Crippen molar-refractivity contribution >= 4 is 28.8 Å². The molecule has 2 aromatic heterocycles. The van der Waals surface area contributed by atoms with Crippen molar-refractivity contribution in [3.63, 3.8) is 0 Å². The van der Waals surface area contributed by atoms with E-state index in [0.29, 0.717) is 21.0 Å². The molecule has 2 heterocycles. The third-order valence-electron chi connectivity index (χ3n) is 1.97. The van der Waals surface area contributed by atoms with E-state index in [1.165, 1.54) is 11.3 Å². The molecule has 2 rings (SSSR count). The molecular formula is C10H11ClN4S. The van der Waals surface area contributed by atoms with Gasteiger partial charge in [-0.3, -0.25) is 0 Å². The van der Waals surface area contributed by atoms with E-state index in [4.69, 9.17) is 17.3 Å². The van der Waals surface area contributed by atoms with Gasteiger partial charge in [0.15, 0.2) is 10.8 Å². The lowest BCUT2D eigenvalue weighted by atomic mass is 10.2. The molecule has 6 heteroatoms. The zero-order valence-electron chi connectivity index (χ0n) is 8.77. The van der Waals surface area contributed by atoms with Crippen molar-refractivity contribution in [2.45, 2.75) is 19.8 Å². The highest BCUT2D eigenvalue weighted by atomic mass is 35.5. The predicted molar refractivity (Wildman–Crippen MR) is 66.6 cm³/mol. The van der Waals surface area contributed by atoms with Crippen LogP contribution >= 0.6 is 22.9 Å². The Morgan fingerprint density at radius 1 is 1.44 bits per heavy atom. The Bertz CT molecular complexity index is 497. The first-order valence-corrected chi connectivity index (χ1v) is 6.13. The lowest BCUT2D eigenvalue weighted by molar-refractivity contribution is 0.876. The van der Waals surface area contributed by atoms with E-state index in [2.05, 4.69) is 21.9 Å². The second-order valence-corrected chi connectivity index (χ2v) is 4.99. The van der Waals surface area contributed by atoms with Crippen molar-refractivity contribution in [1.82, 2.24) is 15.0 Å². The summed E-state index contributed by atoms with van der Waals surface area (Å²) in [5, 5.41) is 0.703. The van der Waals surface area contributed by atoms with Gasteiger partial charge in [-0.15, -0.1) is 0 Å². The Hall–Kier alpha value is -1.20. The maximum atomic E-state index is 5.82. The Labute approximate surface area is 103 Å². The van der Waals surface area contributed by atoms with Crippen LogP contribution in [0.5, 0.6) is 0 Å². The smallest absolute Gasteiger partial charge is 0.190 e. The highest BCUT2D eigenvalue weighted by molar-refractivity contribution is 7.18. The lowest BCUT2D eigenvalue weighted by Crippen LogP contribution is -2.00. The maximum Gasteiger partial charge on any atom is 0.190 e. The van der Waals surface area contributed by atoms with Crippen molar-refractivity contribution in [2.24, 2.45) is 0 Å². The van der Waals surface area contributed by atoms with Crippen molar-refractivity contribution < 1.29 is 0 Å². The van der Waals surface area contributed by atoms with Gasteiger partial charge in [-0.25, -0.2) is 15.0 Å². The molecule has 0 aliphatic rings. The summed E-state index contributed by atoms with van der Waals surface area (Å²) in [4.78, 5) is 12.7. The number of thiazole rings is 1. The van der Waals surface area contributed by atoms with Gasteiger partial charge in [0.05, 0.1) is 6.20 Å². The molecule has 0 saturated carbocycles. The molecule has 84 valence electrons. The fourth-order valence-corrected chi connectivity index (χ4v) is 2.20. The van der Waals surface area contributed by atoms with Crippen LogP contribution in [0.25, 0.3) is 10.8 Å². The average molecular weight is 255 g/mol. The summed E-state index contributed by atoms with van der Waals surface area (Å²) in [6.07, 6.45) is 3.50. The SMILES string of the molecule is CCCc1cc(N)nc(-c2ncc(Cl)s2)n1. The molecule has 0 radical (unpaired) electrons. The van der Waals surface area contributed by atoms with Gasteiger partial charge in [-0.05, 0) is 6.42 Å². The Balaban J connectivity index is 2.40. The quantitative estimate of drug-likeness (QED) is 0.915. The minimum atomic E-state index is 0.472. The molecule has 16 heavy (non-hydrogen) atoms. The Morgan fingerprint density at radius 2 is 2.25 bits per heavy atom. The molecule has 0 amide bonds. The molecular weight excluding hydrogens is 244 g/mol. The zero-order valence-corrected chi connectivity index (χ0v) is 10.3. The number of hydrogen-bond acceptors (Lipinski definition) is 5. The van der Waals surface area contributed by atoms with Crippen molar-refractivity contribution in [3.8, 4) is 10.8 Å². The molecule has 0 aromatic carbocycles. The zero-order chi connectivity index (χ0) is 11.5. The summed E-state index contributed by atoms with van der Waals surface area (Å²) in [7, 11) is 0. The van der Waals surface area contributed by atoms with Crippen LogP contribution in [0.2, 0.25) is 4.34 Å². The van der Waals surface area contributed by atoms with E-state index < -0.39 is 0 Å². The van der Waals surface area contributed by atoms with Crippen molar-refractivity contribution in [2.75, 3.05) is 5.73 Å². The minimum Gasteiger partial charge on any atom is -0.384 e. The van der Waals surface area contributed by atoms with E-state index in [0.717, 1.165) is 18.5 Å². The van der Waals surface area contributed by atoms with Gasteiger partial charge in [0.2, 0.25) is 0 Å². The standard InChI is InChI=1S/C10H11ClN4S/c1-2-3-6-4-8(12)15-9(14-6)10-13-5-7(11)16-10/h4-5H,2-3H2,1H3,(H2,12,14,15). The number of anilines is 1. The predicted octanol–water partition coefficient (Wildman–Crippen LogP) is 2.79. The summed E-state index contributed by atoms with van der Waals surface area (Å²) in [5.41, 5.74) is 6.67. The summed E-state index contributed by atoms with van der Waals surface area (Å²) < 4.78 is 0.623. The van der Waals surface area contributed by atoms with E-state index in [1.807, 2.05) is 0 Å². The molecule has 0 saturated heterocycles. The maximum absolute atomic E-state index is 5.82. The normalized spacial score (nSPS) is 10.6. The van der Waals surface area contributed by atoms with Crippen LogP contribution in [0.3, 0.4) is 0 Å². The van der Waals surface area contributed by atoms with Crippen LogP contribution in [0.1, 0.15) is 19.0 Å². The van der Waals surface area contributed by atoms with Crippen LogP contribution in [-0.2, 0) is 6.42 Å². The number of nitrogens with two attached hydrogens (primary N) is 1. The number of nitrogens with zero attached hydrogens (tertiary/aromatic N) is 3. The molecule has 2 N–H and O–H groups in total. The molecule has 0 unspecified atom stereocenters. The van der Waals surface area contributed by atoms with Crippen LogP contribution < -0.4 is 5.73 Å². The van der Waals surface area contributed by atoms with Gasteiger partial charge in [-0.1, -0.05) is 36.3 Å². The first kappa shape index (κ1) is 11.3. The largest absolute Gasteiger partial charge is 0.384 e. The summed E-state index contributed by atoms with van der Waals surface area (Å²) >= 11 is 7.17. The molecule has 2 aromatic rings. The molecule has 0 fully saturated rings. The van der Waals surface area contributed by atoms with Gasteiger partial charge in [0.1, 0.15) is 10.2 Å². The topological polar surface area (TPSA) is 64.7 Å². The second kappa shape index (κ2) is 4.76. The van der Waals surface area contributed by atoms with E-state index in [1.54, 1.807) is 12.3 Å². The highest BCUT2D eigenvalue weighted by Gasteiger charge is 2.09. The summed E-state index contributed by atoms with van der Waals surface area (Å²) in [6, 6.07) is 1.79. The van der Waals surface area contributed by atoms with Gasteiger partial charge in [-0.2, -0.15) is 0 Å². The van der Waals surface area contributed by atoms with Gasteiger partial charge in [0.25, 0.3) is 0 Å². The fourth-order valence-electron chi connectivity index (χ4n) is 1.36. The van der Waals surface area contributed by atoms with Crippen LogP contribution in [0.4, 0.5) is 5.82 Å². The Kier molecular flexibility index (Phi) is 3.36. The number of aryl methyl sites for hydroxylation is 1. The molecule has 4 nitrogen and oxygen atoms in total. The van der Waals surface area contributed by atoms with E-state index in [9.17, 15) is 0 Å². The van der Waals surface area contributed by atoms with Crippen LogP contribution in [0, 0.1) is 0 Å². The number of halogens is 1. The third kappa shape index (κ3) is 2.48. The molecule has 0 bridgehead atoms. The fraction of sp³-hybridized carbons (Fsp3) is 0.300. The minimum absolute atomic E-state index is 0.472. The van der Waals surface area contributed by atoms with Crippen molar-refractivity contribution in [1.29, 1.82) is 0 Å². The highest BCUT2D eigenvalue weighted by Crippen LogP contribution is 2.26. The number of nitrogen functional groups attached to an aromatic ring is 1. The second-order valence-electron chi connectivity index (χ2n) is 3.33.